The van der Waals surface area contributed by atoms with Crippen molar-refractivity contribution in [2.45, 2.75) is 12.1 Å². The fourth-order valence-corrected chi connectivity index (χ4v) is 4.55. The van der Waals surface area contributed by atoms with Crippen molar-refractivity contribution in [3.8, 4) is 5.75 Å². The van der Waals surface area contributed by atoms with Crippen molar-refractivity contribution in [2.75, 3.05) is 50.7 Å². The van der Waals surface area contributed by atoms with Crippen LogP contribution in [0.15, 0.2) is 48.8 Å². The number of nitrogens with one attached hydrogen (secondary N) is 2. The van der Waals surface area contributed by atoms with E-state index in [1.54, 1.807) is 18.2 Å². The molecule has 188 valence electrons. The monoisotopic (exact) mass is 513 g/mol. The fourth-order valence-electron chi connectivity index (χ4n) is 4.37. The lowest BCUT2D eigenvalue weighted by molar-refractivity contribution is -0.111. The van der Waals surface area contributed by atoms with E-state index in [9.17, 15) is 9.18 Å². The molecule has 36 heavy (non-hydrogen) atoms. The lowest BCUT2D eigenvalue weighted by Gasteiger charge is -2.35. The molecule has 2 fully saturated rings. The second kappa shape index (κ2) is 10.8. The van der Waals surface area contributed by atoms with Gasteiger partial charge in [-0.2, -0.15) is 0 Å². The van der Waals surface area contributed by atoms with Crippen molar-refractivity contribution in [3.63, 3.8) is 0 Å². The molecule has 1 amide bonds. The number of hydrogen-bond acceptors (Lipinski definition) is 8. The number of ether oxygens (including phenoxy) is 3. The SMILES string of the molecule is COc1cc2ncnc(Nc3ccc(F)c(Cl)c3)c2cc1NC(=O)C=CCN1CCOC2COCC21. The topological polar surface area (TPSA) is 97.8 Å². The summed E-state index contributed by atoms with van der Waals surface area (Å²) < 4.78 is 30.3. The Labute approximate surface area is 212 Å². The quantitative estimate of drug-likeness (QED) is 0.461. The van der Waals surface area contributed by atoms with Crippen LogP contribution in [0.25, 0.3) is 10.9 Å². The van der Waals surface area contributed by atoms with E-state index >= 15 is 0 Å². The predicted molar refractivity (Wildman–Crippen MR) is 134 cm³/mol. The molecule has 2 unspecified atom stereocenters. The summed E-state index contributed by atoms with van der Waals surface area (Å²) in [6.45, 7) is 3.33. The third-order valence-corrected chi connectivity index (χ3v) is 6.47. The number of anilines is 3. The molecule has 0 radical (unpaired) electrons. The van der Waals surface area contributed by atoms with Crippen LogP contribution in [0.1, 0.15) is 0 Å². The third kappa shape index (κ3) is 5.26. The number of carbonyl (C=O) groups excluding carboxylic acids is 1. The van der Waals surface area contributed by atoms with Gasteiger partial charge in [0, 0.05) is 36.3 Å². The predicted octanol–water partition coefficient (Wildman–Crippen LogP) is 3.77. The van der Waals surface area contributed by atoms with Gasteiger partial charge in [0.2, 0.25) is 5.91 Å². The number of nitrogens with zero attached hydrogens (tertiary/aromatic N) is 3. The second-order valence-corrected chi connectivity index (χ2v) is 8.85. The first kappa shape index (κ1) is 24.4. The van der Waals surface area contributed by atoms with Gasteiger partial charge in [0.25, 0.3) is 0 Å². The number of methoxy groups -OCH3 is 1. The molecule has 5 rings (SSSR count). The van der Waals surface area contributed by atoms with Crippen LogP contribution in [0.3, 0.4) is 0 Å². The van der Waals surface area contributed by atoms with Crippen molar-refractivity contribution < 1.29 is 23.4 Å². The van der Waals surface area contributed by atoms with Gasteiger partial charge in [-0.05, 0) is 24.3 Å². The number of fused-ring (bicyclic) bond motifs is 2. The van der Waals surface area contributed by atoms with Gasteiger partial charge in [0.05, 0.1) is 55.3 Å². The van der Waals surface area contributed by atoms with Gasteiger partial charge < -0.3 is 24.8 Å². The minimum Gasteiger partial charge on any atom is -0.494 e. The number of rotatable bonds is 7. The van der Waals surface area contributed by atoms with E-state index in [1.807, 2.05) is 6.08 Å². The normalized spacial score (nSPS) is 20.0. The molecular weight excluding hydrogens is 489 g/mol. The first-order chi connectivity index (χ1) is 17.5. The zero-order valence-electron chi connectivity index (χ0n) is 19.5. The van der Waals surface area contributed by atoms with Crippen molar-refractivity contribution in [1.29, 1.82) is 0 Å². The summed E-state index contributed by atoms with van der Waals surface area (Å²) >= 11 is 5.90. The third-order valence-electron chi connectivity index (χ3n) is 6.19. The Morgan fingerprint density at radius 2 is 2.19 bits per heavy atom. The Hall–Kier alpha value is -3.31. The molecule has 3 aromatic rings. The molecular formula is C25H25ClFN5O4. The van der Waals surface area contributed by atoms with E-state index in [0.717, 1.165) is 6.54 Å². The molecule has 11 heteroatoms. The number of benzene rings is 2. The van der Waals surface area contributed by atoms with Gasteiger partial charge in [-0.25, -0.2) is 14.4 Å². The fraction of sp³-hybridized carbons (Fsp3) is 0.320. The van der Waals surface area contributed by atoms with Crippen LogP contribution < -0.4 is 15.4 Å². The van der Waals surface area contributed by atoms with Crippen molar-refractivity contribution in [2.24, 2.45) is 0 Å². The van der Waals surface area contributed by atoms with Crippen LogP contribution in [0.2, 0.25) is 5.02 Å². The van der Waals surface area contributed by atoms with Crippen LogP contribution in [-0.2, 0) is 14.3 Å². The largest absolute Gasteiger partial charge is 0.494 e. The Morgan fingerprint density at radius 3 is 3.03 bits per heavy atom. The highest BCUT2D eigenvalue weighted by molar-refractivity contribution is 6.31. The van der Waals surface area contributed by atoms with Crippen LogP contribution in [-0.4, -0.2) is 72.9 Å². The van der Waals surface area contributed by atoms with Gasteiger partial charge >= 0.3 is 0 Å². The minimum atomic E-state index is -0.512. The number of hydrogen-bond donors (Lipinski definition) is 2. The summed E-state index contributed by atoms with van der Waals surface area (Å²) in [6, 6.07) is 7.96. The maximum Gasteiger partial charge on any atom is 0.248 e. The summed E-state index contributed by atoms with van der Waals surface area (Å²) in [5.74, 6) is 0.120. The summed E-state index contributed by atoms with van der Waals surface area (Å²) in [5, 5.41) is 6.63. The van der Waals surface area contributed by atoms with Gasteiger partial charge in [0.15, 0.2) is 0 Å². The molecule has 0 aliphatic carbocycles. The van der Waals surface area contributed by atoms with Gasteiger partial charge in [-0.1, -0.05) is 17.7 Å². The van der Waals surface area contributed by atoms with E-state index in [0.29, 0.717) is 60.2 Å². The van der Waals surface area contributed by atoms with Crippen molar-refractivity contribution in [3.05, 3.63) is 59.7 Å². The van der Waals surface area contributed by atoms with Crippen LogP contribution >= 0.6 is 11.6 Å². The zero-order chi connectivity index (χ0) is 25.1. The Kier molecular flexibility index (Phi) is 7.28. The van der Waals surface area contributed by atoms with Crippen LogP contribution in [0, 0.1) is 5.82 Å². The highest BCUT2D eigenvalue weighted by atomic mass is 35.5. The van der Waals surface area contributed by atoms with Gasteiger partial charge in [0.1, 0.15) is 23.7 Å². The molecule has 1 aromatic heterocycles. The Balaban J connectivity index is 1.32. The van der Waals surface area contributed by atoms with E-state index in [2.05, 4.69) is 25.5 Å². The average Bonchev–Trinajstić information content (AvgIpc) is 3.36. The number of aromatic nitrogens is 2. The summed E-state index contributed by atoms with van der Waals surface area (Å²) in [6.07, 6.45) is 4.84. The van der Waals surface area contributed by atoms with Gasteiger partial charge in [-0.15, -0.1) is 0 Å². The lowest BCUT2D eigenvalue weighted by atomic mass is 10.1. The molecule has 9 nitrogen and oxygen atoms in total. The molecule has 2 saturated heterocycles. The summed E-state index contributed by atoms with van der Waals surface area (Å²) in [5.41, 5.74) is 1.63. The van der Waals surface area contributed by atoms with E-state index < -0.39 is 5.82 Å². The number of amides is 1. The molecule has 0 spiro atoms. The smallest absolute Gasteiger partial charge is 0.248 e. The molecule has 0 saturated carbocycles. The molecule has 2 atom stereocenters. The molecule has 2 aliphatic rings. The number of carbonyl (C=O) groups is 1. The Morgan fingerprint density at radius 1 is 1.31 bits per heavy atom. The van der Waals surface area contributed by atoms with E-state index in [-0.39, 0.29) is 23.1 Å². The molecule has 0 bridgehead atoms. The molecule has 2 N–H and O–H groups in total. The number of morpholine rings is 1. The average molecular weight is 514 g/mol. The standard InChI is InChI=1S/C25H25ClFN5O4/c1-34-22-11-19-16(25(29-14-28-19)30-15-4-5-18(27)17(26)9-15)10-20(22)31-24(33)3-2-6-32-7-8-36-23-13-35-12-21(23)32/h2-5,9-11,14,21,23H,6-8,12-13H2,1H3,(H,31,33)(H,28,29,30). The maximum absolute atomic E-state index is 13.5. The highest BCUT2D eigenvalue weighted by Crippen LogP contribution is 2.33. The first-order valence-electron chi connectivity index (χ1n) is 11.5. The molecule has 3 heterocycles. The Bertz CT molecular complexity index is 1310. The second-order valence-electron chi connectivity index (χ2n) is 8.45. The van der Waals surface area contributed by atoms with E-state index in [1.165, 1.54) is 31.6 Å². The first-order valence-corrected chi connectivity index (χ1v) is 11.9. The number of halogens is 2. The minimum absolute atomic E-state index is 0.00664. The van der Waals surface area contributed by atoms with Crippen LogP contribution in [0.5, 0.6) is 5.75 Å². The van der Waals surface area contributed by atoms with Crippen LogP contribution in [0.4, 0.5) is 21.6 Å². The zero-order valence-corrected chi connectivity index (χ0v) is 20.3. The summed E-state index contributed by atoms with van der Waals surface area (Å²) in [7, 11) is 1.52. The van der Waals surface area contributed by atoms with Crippen molar-refractivity contribution >= 4 is 45.6 Å². The van der Waals surface area contributed by atoms with E-state index in [4.69, 9.17) is 25.8 Å². The maximum atomic E-state index is 13.5. The summed E-state index contributed by atoms with van der Waals surface area (Å²) in [4.78, 5) is 23.6. The lowest BCUT2D eigenvalue weighted by Crippen LogP contribution is -2.50. The van der Waals surface area contributed by atoms with Crippen molar-refractivity contribution in [1.82, 2.24) is 14.9 Å². The molecule has 2 aromatic carbocycles. The molecule has 2 aliphatic heterocycles. The van der Waals surface area contributed by atoms with Gasteiger partial charge in [-0.3, -0.25) is 9.69 Å². The highest BCUT2D eigenvalue weighted by Gasteiger charge is 2.36.